The molecule has 0 atom stereocenters. The van der Waals surface area contributed by atoms with Gasteiger partial charge in [0.15, 0.2) is 0 Å². The second-order valence-electron chi connectivity index (χ2n) is 9.97. The van der Waals surface area contributed by atoms with Crippen molar-refractivity contribution in [1.29, 1.82) is 0 Å². The Hall–Kier alpha value is -4.74. The van der Waals surface area contributed by atoms with Gasteiger partial charge in [-0.15, -0.1) is 0 Å². The lowest BCUT2D eigenvalue weighted by molar-refractivity contribution is -0.115. The van der Waals surface area contributed by atoms with Gasteiger partial charge in [0, 0.05) is 13.1 Å². The maximum Gasteiger partial charge on any atom is 0.337 e. The van der Waals surface area contributed by atoms with E-state index >= 15 is 0 Å². The molecule has 1 amide bonds. The molecular formula is C32H29FN2O7S. The van der Waals surface area contributed by atoms with Crippen LogP contribution >= 0.6 is 0 Å². The van der Waals surface area contributed by atoms with Crippen LogP contribution in [-0.4, -0.2) is 48.9 Å². The highest BCUT2D eigenvalue weighted by Crippen LogP contribution is 2.27. The zero-order chi connectivity index (χ0) is 30.4. The van der Waals surface area contributed by atoms with Crippen LogP contribution in [-0.2, 0) is 21.2 Å². The second kappa shape index (κ2) is 13.1. The Labute approximate surface area is 248 Å². The van der Waals surface area contributed by atoms with Crippen molar-refractivity contribution in [2.45, 2.75) is 30.3 Å². The van der Waals surface area contributed by atoms with Crippen LogP contribution < -0.4 is 14.8 Å². The number of ether oxygens (including phenoxy) is 2. The van der Waals surface area contributed by atoms with Crippen molar-refractivity contribution in [3.63, 3.8) is 0 Å². The third kappa shape index (κ3) is 7.56. The van der Waals surface area contributed by atoms with Gasteiger partial charge in [-0.3, -0.25) is 4.79 Å². The van der Waals surface area contributed by atoms with Gasteiger partial charge in [-0.1, -0.05) is 24.3 Å². The largest absolute Gasteiger partial charge is 0.490 e. The van der Waals surface area contributed by atoms with Gasteiger partial charge >= 0.3 is 5.97 Å². The van der Waals surface area contributed by atoms with Gasteiger partial charge in [0.25, 0.3) is 0 Å². The quantitative estimate of drug-likeness (QED) is 0.237. The summed E-state index contributed by atoms with van der Waals surface area (Å²) in [6.07, 6.45) is 0.968. The number of nitrogens with one attached hydrogen (secondary N) is 1. The number of anilines is 1. The summed E-state index contributed by atoms with van der Waals surface area (Å²) < 4.78 is 52.2. The standard InChI is InChI=1S/C32H29FN2O7S/c33-23-7-15-28(16-8-23)43(39,40)35-19-17-27(18-20-35)42-26-13-11-25(12-14-26)41-24-9-5-22(6-10-24)21-31(36)34-30-4-2-1-3-29(30)32(37)38/h1-16,27H,17-21H2,(H,34,36)(H,37,38). The average molecular weight is 605 g/mol. The fraction of sp³-hybridized carbons (Fsp3) is 0.188. The smallest absolute Gasteiger partial charge is 0.337 e. The minimum absolute atomic E-state index is 0.0235. The first-order chi connectivity index (χ1) is 20.7. The summed E-state index contributed by atoms with van der Waals surface area (Å²) in [4.78, 5) is 23.9. The molecule has 1 heterocycles. The first kappa shape index (κ1) is 29.7. The van der Waals surface area contributed by atoms with Crippen LogP contribution in [0.5, 0.6) is 17.2 Å². The van der Waals surface area contributed by atoms with Gasteiger partial charge in [-0.25, -0.2) is 17.6 Å². The molecule has 222 valence electrons. The number of piperidine rings is 1. The summed E-state index contributed by atoms with van der Waals surface area (Å²) in [6, 6.07) is 25.2. The Kier molecular flexibility index (Phi) is 9.03. The van der Waals surface area contributed by atoms with Crippen LogP contribution in [0.2, 0.25) is 0 Å². The van der Waals surface area contributed by atoms with Gasteiger partial charge in [0.2, 0.25) is 15.9 Å². The van der Waals surface area contributed by atoms with Gasteiger partial charge in [0.1, 0.15) is 29.2 Å². The van der Waals surface area contributed by atoms with Gasteiger partial charge in [-0.05, 0) is 91.2 Å². The number of nitrogens with zero attached hydrogens (tertiary/aromatic N) is 1. The van der Waals surface area contributed by atoms with E-state index in [2.05, 4.69) is 5.32 Å². The van der Waals surface area contributed by atoms with Crippen LogP contribution in [0.15, 0.2) is 102 Å². The summed E-state index contributed by atoms with van der Waals surface area (Å²) in [5, 5.41) is 11.9. The average Bonchev–Trinajstić information content (AvgIpc) is 3.00. The van der Waals surface area contributed by atoms with Gasteiger partial charge < -0.3 is 19.9 Å². The van der Waals surface area contributed by atoms with Crippen molar-refractivity contribution in [3.05, 3.63) is 114 Å². The van der Waals surface area contributed by atoms with E-state index in [-0.39, 0.29) is 34.6 Å². The van der Waals surface area contributed by atoms with Crippen LogP contribution in [0.3, 0.4) is 0 Å². The van der Waals surface area contributed by atoms with E-state index in [4.69, 9.17) is 9.47 Å². The summed E-state index contributed by atoms with van der Waals surface area (Å²) in [5.74, 6) is -0.139. The normalized spacial score (nSPS) is 14.2. The number of aromatic carboxylic acids is 1. The number of rotatable bonds is 10. The molecule has 0 aliphatic carbocycles. The topological polar surface area (TPSA) is 122 Å². The molecular weight excluding hydrogens is 575 g/mol. The summed E-state index contributed by atoms with van der Waals surface area (Å²) in [7, 11) is -3.68. The Morgan fingerprint density at radius 2 is 1.42 bits per heavy atom. The number of carboxylic acids is 1. The Morgan fingerprint density at radius 3 is 2.05 bits per heavy atom. The maximum atomic E-state index is 13.2. The Bertz CT molecular complexity index is 1690. The van der Waals surface area contributed by atoms with E-state index in [9.17, 15) is 27.5 Å². The molecule has 2 N–H and O–H groups in total. The lowest BCUT2D eigenvalue weighted by Gasteiger charge is -2.31. The SMILES string of the molecule is O=C(Cc1ccc(Oc2ccc(OC3CCN(S(=O)(=O)c4ccc(F)cc4)CC3)cc2)cc1)Nc1ccccc1C(=O)O. The first-order valence-electron chi connectivity index (χ1n) is 13.6. The van der Waals surface area contributed by atoms with E-state index in [0.717, 1.165) is 17.7 Å². The minimum atomic E-state index is -3.68. The molecule has 0 spiro atoms. The monoisotopic (exact) mass is 604 g/mol. The number of para-hydroxylation sites is 1. The Morgan fingerprint density at radius 1 is 0.837 bits per heavy atom. The van der Waals surface area contributed by atoms with E-state index in [0.29, 0.717) is 43.2 Å². The fourth-order valence-electron chi connectivity index (χ4n) is 4.69. The predicted octanol–water partition coefficient (Wildman–Crippen LogP) is 5.73. The summed E-state index contributed by atoms with van der Waals surface area (Å²) in [6.45, 7) is 0.609. The highest BCUT2D eigenvalue weighted by atomic mass is 32.2. The molecule has 11 heteroatoms. The van der Waals surface area contributed by atoms with Crippen LogP contribution in [0.1, 0.15) is 28.8 Å². The molecule has 4 aromatic carbocycles. The fourth-order valence-corrected chi connectivity index (χ4v) is 6.16. The van der Waals surface area contributed by atoms with Crippen molar-refractivity contribution in [2.24, 2.45) is 0 Å². The molecule has 9 nitrogen and oxygen atoms in total. The summed E-state index contributed by atoms with van der Waals surface area (Å²) in [5.41, 5.74) is 1.00. The molecule has 0 saturated carbocycles. The first-order valence-corrected chi connectivity index (χ1v) is 15.0. The minimum Gasteiger partial charge on any atom is -0.490 e. The van der Waals surface area contributed by atoms with E-state index in [1.807, 2.05) is 0 Å². The van der Waals surface area contributed by atoms with Crippen molar-refractivity contribution < 1.29 is 37.0 Å². The zero-order valence-electron chi connectivity index (χ0n) is 23.0. The molecule has 5 rings (SSSR count). The zero-order valence-corrected chi connectivity index (χ0v) is 23.8. The molecule has 1 saturated heterocycles. The predicted molar refractivity (Wildman–Crippen MR) is 158 cm³/mol. The van der Waals surface area contributed by atoms with E-state index < -0.39 is 21.8 Å². The molecule has 0 aromatic heterocycles. The number of hydrogen-bond donors (Lipinski definition) is 2. The lowest BCUT2D eigenvalue weighted by atomic mass is 10.1. The molecule has 0 unspecified atom stereocenters. The van der Waals surface area contributed by atoms with Crippen LogP contribution in [0.25, 0.3) is 0 Å². The summed E-state index contributed by atoms with van der Waals surface area (Å²) >= 11 is 0. The van der Waals surface area contributed by atoms with Crippen molar-refractivity contribution in [2.75, 3.05) is 18.4 Å². The Balaban J connectivity index is 1.09. The van der Waals surface area contributed by atoms with Crippen LogP contribution in [0, 0.1) is 5.82 Å². The number of amides is 1. The third-order valence-electron chi connectivity index (χ3n) is 6.93. The number of carbonyl (C=O) groups excluding carboxylic acids is 1. The number of benzene rings is 4. The molecule has 1 aliphatic heterocycles. The van der Waals surface area contributed by atoms with Gasteiger partial charge in [-0.2, -0.15) is 4.31 Å². The maximum absolute atomic E-state index is 13.2. The number of sulfonamides is 1. The van der Waals surface area contributed by atoms with Crippen LogP contribution in [0.4, 0.5) is 10.1 Å². The number of carboxylic acid groups (broad SMARTS) is 1. The molecule has 0 bridgehead atoms. The number of carbonyl (C=O) groups is 2. The lowest BCUT2D eigenvalue weighted by Crippen LogP contribution is -2.41. The molecule has 0 radical (unpaired) electrons. The van der Waals surface area contributed by atoms with Gasteiger partial charge in [0.05, 0.1) is 22.6 Å². The molecule has 1 aliphatic rings. The van der Waals surface area contributed by atoms with Crippen molar-refractivity contribution >= 4 is 27.6 Å². The van der Waals surface area contributed by atoms with Crippen molar-refractivity contribution in [3.8, 4) is 17.2 Å². The third-order valence-corrected chi connectivity index (χ3v) is 8.85. The van der Waals surface area contributed by atoms with E-state index in [1.54, 1.807) is 66.7 Å². The number of hydrogen-bond acceptors (Lipinski definition) is 6. The highest BCUT2D eigenvalue weighted by molar-refractivity contribution is 7.89. The van der Waals surface area contributed by atoms with E-state index in [1.165, 1.54) is 22.5 Å². The van der Waals surface area contributed by atoms with Crippen molar-refractivity contribution in [1.82, 2.24) is 4.31 Å². The number of halogens is 1. The molecule has 43 heavy (non-hydrogen) atoms. The molecule has 1 fully saturated rings. The molecule has 4 aromatic rings. The second-order valence-corrected chi connectivity index (χ2v) is 11.9. The highest BCUT2D eigenvalue weighted by Gasteiger charge is 2.30.